The van der Waals surface area contributed by atoms with E-state index in [0.29, 0.717) is 42.1 Å². The van der Waals surface area contributed by atoms with Gasteiger partial charge in [-0.15, -0.1) is 0 Å². The van der Waals surface area contributed by atoms with Gasteiger partial charge in [-0.2, -0.15) is 13.2 Å². The second-order valence-electron chi connectivity index (χ2n) is 8.08. The van der Waals surface area contributed by atoms with Crippen LogP contribution in [0.3, 0.4) is 0 Å². The number of amides is 1. The minimum atomic E-state index is -4.57. The predicted molar refractivity (Wildman–Crippen MR) is 109 cm³/mol. The SMILES string of the molecule is COc1ccc(C(=O)N[C@@H]2CCC[C@H](Nc3nc(C(F)(F)F)nc4c3CCC4)C2)cc1. The Morgan fingerprint density at radius 2 is 1.81 bits per heavy atom. The number of nitrogens with zero attached hydrogens (tertiary/aromatic N) is 2. The van der Waals surface area contributed by atoms with E-state index in [9.17, 15) is 18.0 Å². The van der Waals surface area contributed by atoms with E-state index in [1.807, 2.05) is 0 Å². The Hall–Kier alpha value is -2.84. The van der Waals surface area contributed by atoms with Crippen LogP contribution in [0.5, 0.6) is 5.75 Å². The average molecular weight is 434 g/mol. The van der Waals surface area contributed by atoms with E-state index in [1.54, 1.807) is 31.4 Å². The van der Waals surface area contributed by atoms with Gasteiger partial charge in [0.15, 0.2) is 0 Å². The minimum Gasteiger partial charge on any atom is -0.497 e. The van der Waals surface area contributed by atoms with Crippen molar-refractivity contribution >= 4 is 11.7 Å². The number of aryl methyl sites for hydroxylation is 1. The Balaban J connectivity index is 1.43. The Bertz CT molecular complexity index is 947. The molecule has 31 heavy (non-hydrogen) atoms. The standard InChI is InChI=1S/C22H25F3N4O2/c1-31-16-10-8-13(9-11-16)20(30)27-15-5-2-4-14(12-15)26-19-17-6-3-7-18(17)28-21(29-19)22(23,24)25/h8-11,14-15H,2-7,12H2,1H3,(H,27,30)(H,26,28,29)/t14-,15+/m0/s1. The summed E-state index contributed by atoms with van der Waals surface area (Å²) in [7, 11) is 1.56. The maximum Gasteiger partial charge on any atom is 0.451 e. The molecule has 2 aliphatic carbocycles. The smallest absolute Gasteiger partial charge is 0.451 e. The van der Waals surface area contributed by atoms with E-state index < -0.39 is 12.0 Å². The van der Waals surface area contributed by atoms with Gasteiger partial charge in [0.25, 0.3) is 5.91 Å². The molecule has 1 aromatic heterocycles. The Morgan fingerprint density at radius 1 is 1.06 bits per heavy atom. The van der Waals surface area contributed by atoms with Crippen molar-refractivity contribution < 1.29 is 22.7 Å². The molecular formula is C22H25F3N4O2. The maximum absolute atomic E-state index is 13.2. The van der Waals surface area contributed by atoms with E-state index in [4.69, 9.17) is 4.74 Å². The predicted octanol–water partition coefficient (Wildman–Crippen LogP) is 4.15. The van der Waals surface area contributed by atoms with Crippen LogP contribution in [0, 0.1) is 0 Å². The van der Waals surface area contributed by atoms with Crippen LogP contribution in [0.15, 0.2) is 24.3 Å². The summed E-state index contributed by atoms with van der Waals surface area (Å²) < 4.78 is 44.8. The van der Waals surface area contributed by atoms with Crippen LogP contribution in [-0.4, -0.2) is 35.1 Å². The van der Waals surface area contributed by atoms with Crippen molar-refractivity contribution in [2.75, 3.05) is 12.4 Å². The molecule has 1 fully saturated rings. The molecular weight excluding hydrogens is 409 g/mol. The third-order valence-electron chi connectivity index (χ3n) is 5.89. The van der Waals surface area contributed by atoms with Gasteiger partial charge in [-0.1, -0.05) is 0 Å². The van der Waals surface area contributed by atoms with Crippen molar-refractivity contribution in [3.8, 4) is 5.75 Å². The van der Waals surface area contributed by atoms with Crippen LogP contribution in [0.25, 0.3) is 0 Å². The van der Waals surface area contributed by atoms with E-state index in [2.05, 4.69) is 20.6 Å². The van der Waals surface area contributed by atoms with Gasteiger partial charge in [-0.25, -0.2) is 9.97 Å². The number of ether oxygens (including phenoxy) is 1. The molecule has 0 spiro atoms. The van der Waals surface area contributed by atoms with Crippen LogP contribution in [0.2, 0.25) is 0 Å². The molecule has 2 atom stereocenters. The molecule has 0 radical (unpaired) electrons. The average Bonchev–Trinajstić information content (AvgIpc) is 3.22. The number of anilines is 1. The summed E-state index contributed by atoms with van der Waals surface area (Å²) in [5.41, 5.74) is 1.82. The van der Waals surface area contributed by atoms with E-state index in [1.165, 1.54) is 0 Å². The number of carbonyl (C=O) groups excluding carboxylic acids is 1. The molecule has 1 amide bonds. The number of alkyl halides is 3. The molecule has 0 saturated heterocycles. The number of fused-ring (bicyclic) bond motifs is 1. The molecule has 1 saturated carbocycles. The largest absolute Gasteiger partial charge is 0.497 e. The first-order valence-electron chi connectivity index (χ1n) is 10.5. The van der Waals surface area contributed by atoms with Crippen molar-refractivity contribution in [1.82, 2.24) is 15.3 Å². The van der Waals surface area contributed by atoms with Crippen molar-refractivity contribution in [3.05, 3.63) is 46.9 Å². The first-order chi connectivity index (χ1) is 14.8. The highest BCUT2D eigenvalue weighted by atomic mass is 19.4. The fourth-order valence-electron chi connectivity index (χ4n) is 4.34. The van der Waals surface area contributed by atoms with Crippen molar-refractivity contribution in [2.24, 2.45) is 0 Å². The van der Waals surface area contributed by atoms with Gasteiger partial charge in [0.05, 0.1) is 7.11 Å². The van der Waals surface area contributed by atoms with Crippen LogP contribution in [-0.2, 0) is 19.0 Å². The maximum atomic E-state index is 13.2. The topological polar surface area (TPSA) is 76.1 Å². The van der Waals surface area contributed by atoms with Gasteiger partial charge < -0.3 is 15.4 Å². The number of nitrogens with one attached hydrogen (secondary N) is 2. The molecule has 2 aromatic rings. The molecule has 2 aliphatic rings. The summed E-state index contributed by atoms with van der Waals surface area (Å²) in [5, 5.41) is 6.28. The lowest BCUT2D eigenvalue weighted by molar-refractivity contribution is -0.145. The summed E-state index contributed by atoms with van der Waals surface area (Å²) in [6.45, 7) is 0. The molecule has 0 bridgehead atoms. The van der Waals surface area contributed by atoms with Crippen molar-refractivity contribution in [1.29, 1.82) is 0 Å². The Morgan fingerprint density at radius 3 is 2.52 bits per heavy atom. The normalized spacial score (nSPS) is 20.8. The molecule has 1 heterocycles. The van der Waals surface area contributed by atoms with Gasteiger partial charge in [0.2, 0.25) is 5.82 Å². The van der Waals surface area contributed by atoms with E-state index in [0.717, 1.165) is 31.2 Å². The molecule has 1 aromatic carbocycles. The number of benzene rings is 1. The Kier molecular flexibility index (Phi) is 6.02. The second kappa shape index (κ2) is 8.72. The lowest BCUT2D eigenvalue weighted by Gasteiger charge is -2.31. The summed E-state index contributed by atoms with van der Waals surface area (Å²) in [6.07, 6.45) is 0.569. The van der Waals surface area contributed by atoms with E-state index in [-0.39, 0.29) is 18.0 Å². The van der Waals surface area contributed by atoms with E-state index >= 15 is 0 Å². The number of aromatic nitrogens is 2. The number of rotatable bonds is 5. The molecule has 6 nitrogen and oxygen atoms in total. The van der Waals surface area contributed by atoms with Gasteiger partial charge >= 0.3 is 6.18 Å². The van der Waals surface area contributed by atoms with Crippen LogP contribution in [0.4, 0.5) is 19.0 Å². The third kappa shape index (κ3) is 4.91. The molecule has 0 aliphatic heterocycles. The summed E-state index contributed by atoms with van der Waals surface area (Å²) in [4.78, 5) is 20.1. The van der Waals surface area contributed by atoms with Crippen molar-refractivity contribution in [2.45, 2.75) is 63.2 Å². The lowest BCUT2D eigenvalue weighted by Crippen LogP contribution is -2.42. The lowest BCUT2D eigenvalue weighted by atomic mass is 9.90. The van der Waals surface area contributed by atoms with Gasteiger partial charge in [-0.3, -0.25) is 4.79 Å². The third-order valence-corrected chi connectivity index (χ3v) is 5.89. The van der Waals surface area contributed by atoms with Gasteiger partial charge in [0.1, 0.15) is 11.6 Å². The minimum absolute atomic E-state index is 0.0576. The number of halogens is 3. The van der Waals surface area contributed by atoms with Crippen molar-refractivity contribution in [3.63, 3.8) is 0 Å². The molecule has 2 N–H and O–H groups in total. The number of hydrogen-bond acceptors (Lipinski definition) is 5. The molecule has 166 valence electrons. The molecule has 0 unspecified atom stereocenters. The van der Waals surface area contributed by atoms with Crippen LogP contribution in [0.1, 0.15) is 59.5 Å². The first-order valence-corrected chi connectivity index (χ1v) is 10.5. The zero-order valence-electron chi connectivity index (χ0n) is 17.3. The number of methoxy groups -OCH3 is 1. The Labute approximate surface area is 178 Å². The highest BCUT2D eigenvalue weighted by Gasteiger charge is 2.37. The zero-order valence-corrected chi connectivity index (χ0v) is 17.3. The second-order valence-corrected chi connectivity index (χ2v) is 8.08. The monoisotopic (exact) mass is 434 g/mol. The highest BCUT2D eigenvalue weighted by Crippen LogP contribution is 2.34. The van der Waals surface area contributed by atoms with Gasteiger partial charge in [-0.05, 0) is 69.2 Å². The highest BCUT2D eigenvalue weighted by molar-refractivity contribution is 5.94. The number of hydrogen-bond donors (Lipinski definition) is 2. The molecule has 4 rings (SSSR count). The number of carbonyl (C=O) groups is 1. The van der Waals surface area contributed by atoms with Gasteiger partial charge in [0, 0.05) is 28.9 Å². The summed E-state index contributed by atoms with van der Waals surface area (Å²) in [5.74, 6) is -0.289. The van der Waals surface area contributed by atoms with Crippen LogP contribution < -0.4 is 15.4 Å². The summed E-state index contributed by atoms with van der Waals surface area (Å²) in [6, 6.07) is 6.75. The summed E-state index contributed by atoms with van der Waals surface area (Å²) >= 11 is 0. The quantitative estimate of drug-likeness (QED) is 0.740. The zero-order chi connectivity index (χ0) is 22.0. The fraction of sp³-hybridized carbons (Fsp3) is 0.500. The first kappa shape index (κ1) is 21.4. The molecule has 9 heteroatoms. The van der Waals surface area contributed by atoms with Crippen LogP contribution >= 0.6 is 0 Å². The fourth-order valence-corrected chi connectivity index (χ4v) is 4.34.